The lowest BCUT2D eigenvalue weighted by Gasteiger charge is -2.13. The lowest BCUT2D eigenvalue weighted by atomic mass is 10.2. The van der Waals surface area contributed by atoms with Gasteiger partial charge in [0.1, 0.15) is 5.82 Å². The molecule has 0 aromatic heterocycles. The van der Waals surface area contributed by atoms with Crippen LogP contribution in [0.3, 0.4) is 0 Å². The summed E-state index contributed by atoms with van der Waals surface area (Å²) < 4.78 is 23.5. The Balaban J connectivity index is 2.01. The molecule has 2 aromatic rings. The summed E-state index contributed by atoms with van der Waals surface area (Å²) >= 11 is 0. The molecule has 0 unspecified atom stereocenters. The Labute approximate surface area is 137 Å². The van der Waals surface area contributed by atoms with Crippen molar-refractivity contribution in [3.8, 4) is 11.5 Å². The minimum absolute atomic E-state index is 0.0541. The van der Waals surface area contributed by atoms with Crippen molar-refractivity contribution >= 4 is 17.6 Å². The fraction of sp³-hybridized carbons (Fsp3) is 0.176. The number of carbonyl (C=O) groups excluding carboxylic acids is 2. The van der Waals surface area contributed by atoms with Crippen LogP contribution in [0.25, 0.3) is 0 Å². The summed E-state index contributed by atoms with van der Waals surface area (Å²) in [5, 5.41) is 13.4. The first-order valence-corrected chi connectivity index (χ1v) is 7.16. The van der Waals surface area contributed by atoms with Gasteiger partial charge in [0, 0.05) is 11.3 Å². The van der Waals surface area contributed by atoms with E-state index in [0.717, 1.165) is 0 Å². The summed E-state index contributed by atoms with van der Waals surface area (Å²) in [6.07, 6.45) is 0. The van der Waals surface area contributed by atoms with Gasteiger partial charge >= 0.3 is 0 Å². The maximum absolute atomic E-state index is 12.8. The van der Waals surface area contributed by atoms with E-state index in [9.17, 15) is 19.1 Å². The Morgan fingerprint density at radius 2 is 1.79 bits per heavy atom. The summed E-state index contributed by atoms with van der Waals surface area (Å²) in [7, 11) is 0. The molecular weight excluding hydrogens is 317 g/mol. The van der Waals surface area contributed by atoms with E-state index in [4.69, 9.17) is 9.47 Å². The van der Waals surface area contributed by atoms with Crippen LogP contribution in [-0.2, 0) is 4.79 Å². The molecule has 2 aromatic carbocycles. The predicted octanol–water partition coefficient (Wildman–Crippen LogP) is 1.61. The average molecular weight is 332 g/mol. The topological polar surface area (TPSA) is 87.7 Å². The molecule has 0 aliphatic carbocycles. The van der Waals surface area contributed by atoms with Gasteiger partial charge in [0.25, 0.3) is 5.91 Å². The summed E-state index contributed by atoms with van der Waals surface area (Å²) in [6, 6.07) is 9.25. The van der Waals surface area contributed by atoms with Gasteiger partial charge in [-0.1, -0.05) is 0 Å². The number of hydrogen-bond acceptors (Lipinski definition) is 5. The molecule has 0 heterocycles. The Morgan fingerprint density at radius 3 is 2.42 bits per heavy atom. The SMILES string of the molecule is CCOc1cc(C(=O)[O-])ccc1OCC(=O)Nc1ccc(F)cc1. The van der Waals surface area contributed by atoms with E-state index in [-0.39, 0.29) is 23.7 Å². The molecule has 1 N–H and O–H groups in total. The molecule has 0 atom stereocenters. The predicted molar refractivity (Wildman–Crippen MR) is 82.5 cm³/mol. The zero-order valence-electron chi connectivity index (χ0n) is 12.9. The molecule has 0 saturated heterocycles. The van der Waals surface area contributed by atoms with Gasteiger partial charge in [-0.05, 0) is 49.4 Å². The number of ether oxygens (including phenoxy) is 2. The van der Waals surface area contributed by atoms with Crippen LogP contribution < -0.4 is 19.9 Å². The fourth-order valence-corrected chi connectivity index (χ4v) is 1.90. The zero-order chi connectivity index (χ0) is 17.5. The molecular formula is C17H15FNO5-. The highest BCUT2D eigenvalue weighted by molar-refractivity contribution is 5.92. The second-order valence-electron chi connectivity index (χ2n) is 4.73. The first-order chi connectivity index (χ1) is 11.5. The highest BCUT2D eigenvalue weighted by Crippen LogP contribution is 2.28. The summed E-state index contributed by atoms with van der Waals surface area (Å²) in [5.41, 5.74) is 0.379. The van der Waals surface area contributed by atoms with Crippen molar-refractivity contribution in [3.63, 3.8) is 0 Å². The van der Waals surface area contributed by atoms with Gasteiger partial charge in [-0.2, -0.15) is 0 Å². The molecule has 1 amide bonds. The molecule has 6 nitrogen and oxygen atoms in total. The van der Waals surface area contributed by atoms with E-state index in [1.807, 2.05) is 0 Å². The van der Waals surface area contributed by atoms with E-state index in [0.29, 0.717) is 12.3 Å². The monoisotopic (exact) mass is 332 g/mol. The van der Waals surface area contributed by atoms with Gasteiger partial charge in [-0.15, -0.1) is 0 Å². The number of carbonyl (C=O) groups is 2. The second kappa shape index (κ2) is 7.96. The first kappa shape index (κ1) is 17.3. The number of carboxylic acid groups (broad SMARTS) is 1. The maximum atomic E-state index is 12.8. The summed E-state index contributed by atoms with van der Waals surface area (Å²) in [4.78, 5) is 22.7. The van der Waals surface area contributed by atoms with Crippen molar-refractivity contribution in [1.82, 2.24) is 0 Å². The van der Waals surface area contributed by atoms with Crippen LogP contribution in [0.2, 0.25) is 0 Å². The lowest BCUT2D eigenvalue weighted by Crippen LogP contribution is -2.22. The van der Waals surface area contributed by atoms with Crippen molar-refractivity contribution in [1.29, 1.82) is 0 Å². The summed E-state index contributed by atoms with van der Waals surface area (Å²) in [5.74, 6) is -1.76. The number of anilines is 1. The van der Waals surface area contributed by atoms with Crippen molar-refractivity contribution in [2.45, 2.75) is 6.92 Å². The van der Waals surface area contributed by atoms with Crippen LogP contribution in [-0.4, -0.2) is 25.1 Å². The van der Waals surface area contributed by atoms with Gasteiger partial charge in [0.05, 0.1) is 12.6 Å². The number of benzene rings is 2. The number of carboxylic acids is 1. The number of aromatic carboxylic acids is 1. The van der Waals surface area contributed by atoms with Gasteiger partial charge in [0.15, 0.2) is 18.1 Å². The molecule has 0 saturated carbocycles. The van der Waals surface area contributed by atoms with Gasteiger partial charge in [-0.3, -0.25) is 4.79 Å². The van der Waals surface area contributed by atoms with E-state index >= 15 is 0 Å². The highest BCUT2D eigenvalue weighted by Gasteiger charge is 2.10. The Hall–Kier alpha value is -3.09. The number of rotatable bonds is 7. The Morgan fingerprint density at radius 1 is 1.08 bits per heavy atom. The third-order valence-electron chi connectivity index (χ3n) is 2.97. The average Bonchev–Trinajstić information content (AvgIpc) is 2.56. The third kappa shape index (κ3) is 4.70. The molecule has 0 bridgehead atoms. The van der Waals surface area contributed by atoms with Crippen molar-refractivity contribution < 1.29 is 28.6 Å². The van der Waals surface area contributed by atoms with Crippen LogP contribution in [0, 0.1) is 5.82 Å². The molecule has 2 rings (SSSR count). The molecule has 24 heavy (non-hydrogen) atoms. The third-order valence-corrected chi connectivity index (χ3v) is 2.97. The number of amides is 1. The molecule has 0 aliphatic rings. The van der Waals surface area contributed by atoms with E-state index < -0.39 is 17.7 Å². The minimum atomic E-state index is -1.34. The second-order valence-corrected chi connectivity index (χ2v) is 4.73. The van der Waals surface area contributed by atoms with Crippen LogP contribution in [0.5, 0.6) is 11.5 Å². The quantitative estimate of drug-likeness (QED) is 0.832. The van der Waals surface area contributed by atoms with E-state index in [1.54, 1.807) is 6.92 Å². The Bertz CT molecular complexity index is 730. The molecule has 0 radical (unpaired) electrons. The van der Waals surface area contributed by atoms with Gasteiger partial charge < -0.3 is 24.7 Å². The highest BCUT2D eigenvalue weighted by atomic mass is 19.1. The largest absolute Gasteiger partial charge is 0.545 e. The smallest absolute Gasteiger partial charge is 0.262 e. The van der Waals surface area contributed by atoms with Crippen molar-refractivity contribution in [2.24, 2.45) is 0 Å². The molecule has 126 valence electrons. The molecule has 0 spiro atoms. The zero-order valence-corrected chi connectivity index (χ0v) is 12.9. The molecule has 0 aliphatic heterocycles. The van der Waals surface area contributed by atoms with Gasteiger partial charge in [-0.25, -0.2) is 4.39 Å². The van der Waals surface area contributed by atoms with Crippen LogP contribution in [0.4, 0.5) is 10.1 Å². The van der Waals surface area contributed by atoms with Crippen molar-refractivity contribution in [3.05, 3.63) is 53.8 Å². The van der Waals surface area contributed by atoms with E-state index in [1.165, 1.54) is 42.5 Å². The number of hydrogen-bond donors (Lipinski definition) is 1. The molecule has 0 fully saturated rings. The Kier molecular flexibility index (Phi) is 5.73. The van der Waals surface area contributed by atoms with E-state index in [2.05, 4.69) is 5.32 Å². The fourth-order valence-electron chi connectivity index (χ4n) is 1.90. The molecule has 7 heteroatoms. The number of halogens is 1. The normalized spacial score (nSPS) is 10.1. The van der Waals surface area contributed by atoms with Crippen molar-refractivity contribution in [2.75, 3.05) is 18.5 Å². The van der Waals surface area contributed by atoms with Gasteiger partial charge in [0.2, 0.25) is 0 Å². The van der Waals surface area contributed by atoms with Crippen LogP contribution >= 0.6 is 0 Å². The number of nitrogens with one attached hydrogen (secondary N) is 1. The summed E-state index contributed by atoms with van der Waals surface area (Å²) in [6.45, 7) is 1.72. The lowest BCUT2D eigenvalue weighted by molar-refractivity contribution is -0.255. The maximum Gasteiger partial charge on any atom is 0.262 e. The van der Waals surface area contributed by atoms with Crippen LogP contribution in [0.15, 0.2) is 42.5 Å². The standard InChI is InChI=1S/C17H16FNO5/c1-2-23-15-9-11(17(21)22)3-8-14(15)24-10-16(20)19-13-6-4-12(18)5-7-13/h3-9H,2,10H2,1H3,(H,19,20)(H,21,22)/p-1. The minimum Gasteiger partial charge on any atom is -0.545 e. The van der Waals surface area contributed by atoms with Crippen LogP contribution in [0.1, 0.15) is 17.3 Å². The first-order valence-electron chi connectivity index (χ1n) is 7.16.